The van der Waals surface area contributed by atoms with Crippen molar-refractivity contribution in [3.8, 4) is 11.1 Å². The minimum absolute atomic E-state index is 0.0999. The van der Waals surface area contributed by atoms with Crippen LogP contribution in [0.5, 0.6) is 0 Å². The van der Waals surface area contributed by atoms with Gasteiger partial charge < -0.3 is 9.80 Å². The molecule has 7 aromatic rings. The van der Waals surface area contributed by atoms with Crippen LogP contribution in [0.3, 0.4) is 0 Å². The predicted octanol–water partition coefficient (Wildman–Crippen LogP) is 13.7. The average molecular weight is 699 g/mol. The van der Waals surface area contributed by atoms with E-state index in [9.17, 15) is 0 Å². The summed E-state index contributed by atoms with van der Waals surface area (Å²) >= 11 is 0. The zero-order valence-corrected chi connectivity index (χ0v) is 31.7. The molecule has 3 aliphatic carbocycles. The van der Waals surface area contributed by atoms with Gasteiger partial charge in [-0.15, -0.1) is 0 Å². The lowest BCUT2D eigenvalue weighted by atomic mass is 9.74. The van der Waals surface area contributed by atoms with E-state index in [4.69, 9.17) is 0 Å². The number of hydrogen-bond donors (Lipinski definition) is 0. The van der Waals surface area contributed by atoms with Crippen molar-refractivity contribution >= 4 is 34.1 Å². The van der Waals surface area contributed by atoms with E-state index in [-0.39, 0.29) is 10.8 Å². The van der Waals surface area contributed by atoms with Crippen molar-refractivity contribution in [1.29, 1.82) is 0 Å². The Morgan fingerprint density at radius 3 is 1.48 bits per heavy atom. The maximum Gasteiger partial charge on any atom is 0.0505 e. The van der Waals surface area contributed by atoms with Crippen LogP contribution >= 0.6 is 0 Å². The first-order valence-corrected chi connectivity index (χ1v) is 19.6. The van der Waals surface area contributed by atoms with Crippen molar-refractivity contribution in [2.45, 2.75) is 64.2 Å². The quantitative estimate of drug-likeness (QED) is 0.171. The molecule has 2 heteroatoms. The van der Waals surface area contributed by atoms with Gasteiger partial charge in [0.05, 0.1) is 11.4 Å². The molecule has 7 aromatic carbocycles. The monoisotopic (exact) mass is 698 g/mol. The summed E-state index contributed by atoms with van der Waals surface area (Å²) in [6.45, 7) is 9.32. The maximum atomic E-state index is 2.57. The van der Waals surface area contributed by atoms with Crippen LogP contribution in [0.15, 0.2) is 158 Å². The maximum absolute atomic E-state index is 2.57. The Kier molecular flexibility index (Phi) is 7.49. The molecule has 0 unspecified atom stereocenters. The second-order valence-corrected chi connectivity index (χ2v) is 16.2. The Labute approximate surface area is 320 Å². The van der Waals surface area contributed by atoms with Gasteiger partial charge in [0.1, 0.15) is 0 Å². The fraction of sp³-hybridized carbons (Fsp3) is 0.192. The smallest absolute Gasteiger partial charge is 0.0505 e. The molecule has 0 heterocycles. The fourth-order valence-corrected chi connectivity index (χ4v) is 10.5. The molecule has 3 aliphatic rings. The molecule has 0 aliphatic heterocycles. The molecule has 0 aromatic heterocycles. The van der Waals surface area contributed by atoms with Crippen molar-refractivity contribution in [2.24, 2.45) is 0 Å². The Morgan fingerprint density at radius 2 is 0.963 bits per heavy atom. The minimum Gasteiger partial charge on any atom is -0.310 e. The third-order valence-electron chi connectivity index (χ3n) is 12.7. The van der Waals surface area contributed by atoms with E-state index in [2.05, 4.69) is 195 Å². The van der Waals surface area contributed by atoms with Gasteiger partial charge in [0, 0.05) is 33.6 Å². The molecule has 0 fully saturated rings. The summed E-state index contributed by atoms with van der Waals surface area (Å²) in [6.07, 6.45) is 4.36. The molecule has 0 bridgehead atoms. The van der Waals surface area contributed by atoms with Crippen LogP contribution in [0.25, 0.3) is 11.1 Å². The summed E-state index contributed by atoms with van der Waals surface area (Å²) in [7, 11) is 0. The van der Waals surface area contributed by atoms with E-state index in [1.807, 2.05) is 0 Å². The van der Waals surface area contributed by atoms with Crippen LogP contribution in [-0.2, 0) is 23.7 Å². The first-order chi connectivity index (χ1) is 26.3. The molecule has 0 radical (unpaired) electrons. The summed E-state index contributed by atoms with van der Waals surface area (Å²) in [5.41, 5.74) is 21.4. The summed E-state index contributed by atoms with van der Waals surface area (Å²) in [6, 6.07) is 59.0. The van der Waals surface area contributed by atoms with Crippen LogP contribution in [0, 0.1) is 13.8 Å². The lowest BCUT2D eigenvalue weighted by Gasteiger charge is -2.37. The summed E-state index contributed by atoms with van der Waals surface area (Å²) in [4.78, 5) is 5.06. The van der Waals surface area contributed by atoms with Gasteiger partial charge in [-0.3, -0.25) is 0 Å². The second-order valence-electron chi connectivity index (χ2n) is 16.2. The molecule has 54 heavy (non-hydrogen) atoms. The lowest BCUT2D eigenvalue weighted by Crippen LogP contribution is -2.27. The van der Waals surface area contributed by atoms with Crippen LogP contribution in [0.1, 0.15) is 71.2 Å². The van der Waals surface area contributed by atoms with Gasteiger partial charge in [-0.05, 0) is 150 Å². The van der Waals surface area contributed by atoms with E-state index in [0.29, 0.717) is 0 Å². The van der Waals surface area contributed by atoms with Crippen molar-refractivity contribution < 1.29 is 0 Å². The van der Waals surface area contributed by atoms with Crippen LogP contribution in [-0.4, -0.2) is 0 Å². The molecule has 0 saturated carbocycles. The van der Waals surface area contributed by atoms with Crippen molar-refractivity contribution in [1.82, 2.24) is 0 Å². The Balaban J connectivity index is 1.19. The van der Waals surface area contributed by atoms with Gasteiger partial charge in [-0.2, -0.15) is 0 Å². The molecular weight excluding hydrogens is 653 g/mol. The number of benzene rings is 7. The Bertz CT molecular complexity index is 2510. The minimum atomic E-state index is -0.117. The zero-order valence-electron chi connectivity index (χ0n) is 31.7. The molecule has 10 rings (SSSR count). The van der Waals surface area contributed by atoms with Gasteiger partial charge in [-0.25, -0.2) is 0 Å². The number of nitrogens with zero attached hydrogens (tertiary/aromatic N) is 2. The van der Waals surface area contributed by atoms with Crippen LogP contribution in [0.4, 0.5) is 34.1 Å². The molecule has 0 N–H and O–H groups in total. The van der Waals surface area contributed by atoms with Crippen LogP contribution in [0.2, 0.25) is 0 Å². The first-order valence-electron chi connectivity index (χ1n) is 19.6. The molecule has 264 valence electrons. The highest BCUT2D eigenvalue weighted by molar-refractivity contribution is 5.89. The highest BCUT2D eigenvalue weighted by Gasteiger charge is 2.49. The van der Waals surface area contributed by atoms with E-state index in [1.54, 1.807) is 0 Å². The van der Waals surface area contributed by atoms with E-state index >= 15 is 0 Å². The summed E-state index contributed by atoms with van der Waals surface area (Å²) in [5.74, 6) is 0. The number of hydrogen-bond acceptors (Lipinski definition) is 2. The molecular formula is C52H46N2. The van der Waals surface area contributed by atoms with Gasteiger partial charge in [-0.1, -0.05) is 116 Å². The molecule has 0 saturated heterocycles. The zero-order chi connectivity index (χ0) is 36.6. The first kappa shape index (κ1) is 32.8. The highest BCUT2D eigenvalue weighted by Crippen LogP contribution is 2.60. The standard InChI is InChI=1S/C52H46N2/c1-35-32-36(2)48-43-27-26-42(34-44(43)51(3,4)45(48)33-35)54(41-22-12-7-13-23-41)47-25-15-17-38-29-31-52(50(38)47)30-28-37-16-14-24-46(49(37)52)53(39-18-8-5-9-19-39)40-20-10-6-11-21-40/h5-27,32-34H,28-31H2,1-4H3/t52-/m1/s1. The van der Waals surface area contributed by atoms with Gasteiger partial charge in [0.15, 0.2) is 0 Å². The van der Waals surface area contributed by atoms with Crippen LogP contribution < -0.4 is 9.80 Å². The van der Waals surface area contributed by atoms with Crippen molar-refractivity contribution in [2.75, 3.05) is 9.80 Å². The average Bonchev–Trinajstić information content (AvgIpc) is 3.84. The normalized spacial score (nSPS) is 17.2. The number of aryl methyl sites for hydroxylation is 4. The molecule has 1 spiro atoms. The highest BCUT2D eigenvalue weighted by atomic mass is 15.2. The summed E-state index contributed by atoms with van der Waals surface area (Å²) in [5, 5.41) is 0. The number of anilines is 6. The Hall–Kier alpha value is -5.86. The topological polar surface area (TPSA) is 6.48 Å². The Morgan fingerprint density at radius 1 is 0.463 bits per heavy atom. The lowest BCUT2D eigenvalue weighted by molar-refractivity contribution is 0.508. The fourth-order valence-electron chi connectivity index (χ4n) is 10.5. The van der Waals surface area contributed by atoms with Crippen molar-refractivity contribution in [3.05, 3.63) is 202 Å². The second kappa shape index (κ2) is 12.4. The third-order valence-corrected chi connectivity index (χ3v) is 12.7. The number of para-hydroxylation sites is 3. The SMILES string of the molecule is Cc1cc(C)c2c(c1)C(C)(C)c1cc(N(c3ccccc3)c3cccc4c3[C@]3(CCc5cccc(N(c6ccccc6)c6ccccc6)c53)CC4)ccc1-2. The van der Waals surface area contributed by atoms with Gasteiger partial charge >= 0.3 is 0 Å². The third kappa shape index (κ3) is 4.86. The number of fused-ring (bicyclic) bond motifs is 7. The van der Waals surface area contributed by atoms with Gasteiger partial charge in [0.2, 0.25) is 0 Å². The molecule has 2 nitrogen and oxygen atoms in total. The van der Waals surface area contributed by atoms with E-state index < -0.39 is 0 Å². The van der Waals surface area contributed by atoms with Gasteiger partial charge in [0.25, 0.3) is 0 Å². The molecule has 0 amide bonds. The van der Waals surface area contributed by atoms with E-state index in [0.717, 1.165) is 25.7 Å². The summed E-state index contributed by atoms with van der Waals surface area (Å²) < 4.78 is 0. The predicted molar refractivity (Wildman–Crippen MR) is 227 cm³/mol. The largest absolute Gasteiger partial charge is 0.310 e. The van der Waals surface area contributed by atoms with E-state index in [1.165, 1.54) is 89.8 Å². The number of rotatable bonds is 6. The molecule has 1 atom stereocenters. The van der Waals surface area contributed by atoms with Crippen molar-refractivity contribution in [3.63, 3.8) is 0 Å².